The molecule has 0 aliphatic carbocycles. The van der Waals surface area contributed by atoms with Gasteiger partial charge in [-0.3, -0.25) is 0 Å². The van der Waals surface area contributed by atoms with Gasteiger partial charge in [-0.25, -0.2) is 4.98 Å². The summed E-state index contributed by atoms with van der Waals surface area (Å²) >= 11 is 3.43. The van der Waals surface area contributed by atoms with Crippen LogP contribution < -0.4 is 0 Å². The van der Waals surface area contributed by atoms with Crippen LogP contribution in [0.5, 0.6) is 0 Å². The minimum atomic E-state index is 0. The van der Waals surface area contributed by atoms with Crippen molar-refractivity contribution in [2.24, 2.45) is 0 Å². The molecule has 13 heavy (non-hydrogen) atoms. The van der Waals surface area contributed by atoms with Gasteiger partial charge in [0.15, 0.2) is 0 Å². The molecular weight excluding hydrogens is 256 g/mol. The first kappa shape index (κ1) is 11.5. The Labute approximate surface area is 115 Å². The van der Waals surface area contributed by atoms with Crippen LogP contribution in [0.15, 0.2) is 22.8 Å². The van der Waals surface area contributed by atoms with Crippen LogP contribution in [-0.2, 0) is 0 Å². The summed E-state index contributed by atoms with van der Waals surface area (Å²) in [6.45, 7) is 4.03. The van der Waals surface area contributed by atoms with Crippen molar-refractivity contribution >= 4 is 21.4 Å². The maximum Gasteiger partial charge on any atom is 0.110 e. The fourth-order valence-electron chi connectivity index (χ4n) is 1.39. The van der Waals surface area contributed by atoms with Crippen LogP contribution in [0.3, 0.4) is 0 Å². The van der Waals surface area contributed by atoms with Gasteiger partial charge in [0, 0.05) is 48.4 Å². The monoisotopic (exact) mass is 264 g/mol. The Bertz CT molecular complexity index is 436. The molecular formula is C9H9ArBrN2. The molecule has 2 heterocycles. The molecule has 0 unspecified atom stereocenters. The fraction of sp³-hybridized carbons (Fsp3) is 0.222. The first-order chi connectivity index (χ1) is 5.68. The molecule has 0 saturated carbocycles. The number of nitrogens with zero attached hydrogens (tertiary/aromatic N) is 2. The predicted octanol–water partition coefficient (Wildman–Crippen LogP) is 2.71. The zero-order valence-electron chi connectivity index (χ0n) is 7.36. The van der Waals surface area contributed by atoms with Gasteiger partial charge in [-0.15, -0.1) is 0 Å². The maximum absolute atomic E-state index is 4.37. The standard InChI is InChI=1S/C9H9BrN2.Ar/c1-6-9-5-8(10)3-4-12(9)7(2)11-6;/h3-5H,1-2H3;. The first-order valence-corrected chi connectivity index (χ1v) is 4.58. The van der Waals surface area contributed by atoms with Crippen LogP contribution in [0, 0.1) is 51.6 Å². The average molecular weight is 265 g/mol. The van der Waals surface area contributed by atoms with Crippen LogP contribution in [0.25, 0.3) is 5.52 Å². The third-order valence-corrected chi connectivity index (χ3v) is 2.46. The summed E-state index contributed by atoms with van der Waals surface area (Å²) in [4.78, 5) is 4.37. The van der Waals surface area contributed by atoms with Gasteiger partial charge in [0.2, 0.25) is 0 Å². The topological polar surface area (TPSA) is 17.3 Å². The van der Waals surface area contributed by atoms with E-state index in [4.69, 9.17) is 0 Å². The van der Waals surface area contributed by atoms with E-state index in [1.165, 1.54) is 5.52 Å². The zero-order chi connectivity index (χ0) is 8.72. The molecule has 2 aromatic heterocycles. The predicted molar refractivity (Wildman–Crippen MR) is 52.4 cm³/mol. The summed E-state index contributed by atoms with van der Waals surface area (Å²) in [5, 5.41) is 0. The molecule has 0 saturated heterocycles. The van der Waals surface area contributed by atoms with Crippen molar-refractivity contribution in [3.63, 3.8) is 0 Å². The Hall–Kier alpha value is 0.430. The molecule has 2 rings (SSSR count). The van der Waals surface area contributed by atoms with E-state index >= 15 is 0 Å². The third kappa shape index (κ3) is 2.09. The molecule has 0 aliphatic heterocycles. The van der Waals surface area contributed by atoms with Crippen molar-refractivity contribution in [2.45, 2.75) is 13.8 Å². The minimum absolute atomic E-state index is 0. The Kier molecular flexibility index (Phi) is 3.81. The van der Waals surface area contributed by atoms with Gasteiger partial charge < -0.3 is 4.40 Å². The van der Waals surface area contributed by atoms with Crippen molar-refractivity contribution in [1.29, 1.82) is 0 Å². The molecule has 4 heteroatoms. The number of rotatable bonds is 0. The van der Waals surface area contributed by atoms with E-state index < -0.39 is 0 Å². The number of aromatic nitrogens is 2. The molecule has 70 valence electrons. The summed E-state index contributed by atoms with van der Waals surface area (Å²) in [6.07, 6.45) is 2.02. The number of halogens is 1. The van der Waals surface area contributed by atoms with E-state index in [0.717, 1.165) is 16.0 Å². The van der Waals surface area contributed by atoms with Crippen molar-refractivity contribution in [1.82, 2.24) is 9.38 Å². The van der Waals surface area contributed by atoms with Gasteiger partial charge in [0.1, 0.15) is 5.82 Å². The number of imidazole rings is 1. The van der Waals surface area contributed by atoms with Crippen LogP contribution in [0.4, 0.5) is 0 Å². The average Bonchev–Trinajstić information content (AvgIpc) is 2.28. The Morgan fingerprint density at radius 2 is 2.08 bits per heavy atom. The maximum atomic E-state index is 4.37. The quantitative estimate of drug-likeness (QED) is 0.715. The molecule has 0 radical (unpaired) electrons. The van der Waals surface area contributed by atoms with Crippen molar-refractivity contribution in [3.05, 3.63) is 34.3 Å². The Morgan fingerprint density at radius 3 is 2.77 bits per heavy atom. The van der Waals surface area contributed by atoms with Gasteiger partial charge in [-0.05, 0) is 26.0 Å². The minimum Gasteiger partial charge on any atom is -0.304 e. The number of hydrogen-bond donors (Lipinski definition) is 0. The van der Waals surface area contributed by atoms with Gasteiger partial charge in [0.05, 0.1) is 11.2 Å². The number of pyridine rings is 1. The van der Waals surface area contributed by atoms with Crippen molar-refractivity contribution in [3.8, 4) is 0 Å². The smallest absolute Gasteiger partial charge is 0.110 e. The molecule has 0 aliphatic rings. The fourth-order valence-corrected chi connectivity index (χ4v) is 1.72. The molecule has 0 spiro atoms. The number of hydrogen-bond acceptors (Lipinski definition) is 1. The van der Waals surface area contributed by atoms with Crippen molar-refractivity contribution < 1.29 is 37.7 Å². The van der Waals surface area contributed by atoms with Crippen LogP contribution in [0.1, 0.15) is 11.5 Å². The summed E-state index contributed by atoms with van der Waals surface area (Å²) in [6, 6.07) is 4.09. The molecule has 0 amide bonds. The molecule has 2 aromatic rings. The third-order valence-electron chi connectivity index (χ3n) is 1.97. The SMILES string of the molecule is Cc1nc(C)n2ccc(Br)cc12.[Ar]. The van der Waals surface area contributed by atoms with E-state index in [0.29, 0.717) is 0 Å². The second kappa shape index (κ2) is 4.30. The van der Waals surface area contributed by atoms with E-state index in [9.17, 15) is 0 Å². The molecule has 0 fully saturated rings. The normalized spacial score (nSPS) is 10.1. The number of aryl methyl sites for hydroxylation is 2. The van der Waals surface area contributed by atoms with Gasteiger partial charge in [-0.2, -0.15) is 0 Å². The first-order valence-electron chi connectivity index (χ1n) is 3.79. The Balaban J connectivity index is 0.000000845. The summed E-state index contributed by atoms with van der Waals surface area (Å²) in [7, 11) is 0. The summed E-state index contributed by atoms with van der Waals surface area (Å²) < 4.78 is 3.18. The second-order valence-corrected chi connectivity index (χ2v) is 3.76. The molecule has 0 atom stereocenters. The van der Waals surface area contributed by atoms with E-state index in [-0.39, 0.29) is 37.7 Å². The Morgan fingerprint density at radius 1 is 1.38 bits per heavy atom. The van der Waals surface area contributed by atoms with Gasteiger partial charge >= 0.3 is 0 Å². The molecule has 2 nitrogen and oxygen atoms in total. The van der Waals surface area contributed by atoms with Gasteiger partial charge in [-0.1, -0.05) is 15.9 Å². The van der Waals surface area contributed by atoms with E-state index in [2.05, 4.69) is 31.4 Å². The zero-order valence-corrected chi connectivity index (χ0v) is 9.65. The van der Waals surface area contributed by atoms with Crippen LogP contribution in [-0.4, -0.2) is 9.38 Å². The van der Waals surface area contributed by atoms with E-state index in [1.807, 2.05) is 26.1 Å². The molecule has 0 bridgehead atoms. The van der Waals surface area contributed by atoms with Crippen molar-refractivity contribution in [2.75, 3.05) is 0 Å². The summed E-state index contributed by atoms with van der Waals surface area (Å²) in [5.41, 5.74) is 2.25. The van der Waals surface area contributed by atoms with E-state index in [1.54, 1.807) is 0 Å². The largest absolute Gasteiger partial charge is 0.304 e. The number of fused-ring (bicyclic) bond motifs is 1. The molecule has 0 N–H and O–H groups in total. The summed E-state index contributed by atoms with van der Waals surface area (Å²) in [5.74, 6) is 1.04. The van der Waals surface area contributed by atoms with Gasteiger partial charge in [0.25, 0.3) is 0 Å². The molecule has 0 aromatic carbocycles. The second-order valence-electron chi connectivity index (χ2n) is 2.84. The van der Waals surface area contributed by atoms with Crippen LogP contribution in [0.2, 0.25) is 0 Å². The van der Waals surface area contributed by atoms with Crippen LogP contribution >= 0.6 is 15.9 Å².